The first-order valence-corrected chi connectivity index (χ1v) is 6.39. The minimum absolute atomic E-state index is 0.00274. The van der Waals surface area contributed by atoms with E-state index in [1.165, 1.54) is 6.07 Å². The zero-order chi connectivity index (χ0) is 13.7. The summed E-state index contributed by atoms with van der Waals surface area (Å²) >= 11 is 0. The van der Waals surface area contributed by atoms with Gasteiger partial charge in [0.1, 0.15) is 0 Å². The van der Waals surface area contributed by atoms with Gasteiger partial charge in [0.2, 0.25) is 5.91 Å². The molecule has 0 spiro atoms. The van der Waals surface area contributed by atoms with Gasteiger partial charge in [0.15, 0.2) is 0 Å². The summed E-state index contributed by atoms with van der Waals surface area (Å²) in [4.78, 5) is 22.3. The Hall–Kier alpha value is -1.95. The van der Waals surface area contributed by atoms with Crippen LogP contribution < -0.4 is 10.6 Å². The molecule has 6 nitrogen and oxygen atoms in total. The van der Waals surface area contributed by atoms with E-state index in [0.29, 0.717) is 5.56 Å². The van der Waals surface area contributed by atoms with Crippen LogP contribution in [0.15, 0.2) is 24.3 Å². The lowest BCUT2D eigenvalue weighted by atomic mass is 10.1. The molecule has 102 valence electrons. The van der Waals surface area contributed by atoms with Gasteiger partial charge in [-0.05, 0) is 25.9 Å². The van der Waals surface area contributed by atoms with Crippen LogP contribution in [0.1, 0.15) is 18.4 Å². The first-order chi connectivity index (χ1) is 9.16. The molecule has 1 aromatic rings. The molecule has 1 fully saturated rings. The Balaban J connectivity index is 1.96. The molecule has 0 unspecified atom stereocenters. The molecule has 19 heavy (non-hydrogen) atoms. The molecule has 0 radical (unpaired) electrons. The molecular formula is C13H17N3O3. The third-order valence-corrected chi connectivity index (χ3v) is 3.24. The second kappa shape index (κ2) is 6.29. The van der Waals surface area contributed by atoms with Crippen molar-refractivity contribution in [3.8, 4) is 0 Å². The molecule has 6 heteroatoms. The molecule has 1 saturated heterocycles. The number of benzene rings is 1. The largest absolute Gasteiger partial charge is 0.353 e. The van der Waals surface area contributed by atoms with Crippen molar-refractivity contribution in [2.75, 3.05) is 13.1 Å². The number of nitro groups is 1. The Morgan fingerprint density at radius 1 is 1.37 bits per heavy atom. The lowest BCUT2D eigenvalue weighted by molar-refractivity contribution is -0.385. The van der Waals surface area contributed by atoms with Crippen molar-refractivity contribution < 1.29 is 9.72 Å². The molecule has 1 aromatic carbocycles. The van der Waals surface area contributed by atoms with Crippen LogP contribution in [0.25, 0.3) is 0 Å². The van der Waals surface area contributed by atoms with Crippen LogP contribution >= 0.6 is 0 Å². The number of carbonyl (C=O) groups excluding carboxylic acids is 1. The number of hydrogen-bond donors (Lipinski definition) is 2. The van der Waals surface area contributed by atoms with Gasteiger partial charge in [-0.1, -0.05) is 18.2 Å². The minimum Gasteiger partial charge on any atom is -0.353 e. The van der Waals surface area contributed by atoms with Gasteiger partial charge >= 0.3 is 0 Å². The van der Waals surface area contributed by atoms with Crippen molar-refractivity contribution in [2.45, 2.75) is 25.3 Å². The minimum atomic E-state index is -0.451. The van der Waals surface area contributed by atoms with Crippen LogP contribution in [0.2, 0.25) is 0 Å². The number of carbonyl (C=O) groups is 1. The van der Waals surface area contributed by atoms with E-state index in [4.69, 9.17) is 0 Å². The number of nitro benzene ring substituents is 1. The Bertz CT molecular complexity index is 470. The fraction of sp³-hybridized carbons (Fsp3) is 0.462. The quantitative estimate of drug-likeness (QED) is 0.627. The number of para-hydroxylation sites is 1. The van der Waals surface area contributed by atoms with Gasteiger partial charge in [-0.2, -0.15) is 0 Å². The Morgan fingerprint density at radius 3 is 2.74 bits per heavy atom. The summed E-state index contributed by atoms with van der Waals surface area (Å²) in [5, 5.41) is 17.0. The van der Waals surface area contributed by atoms with E-state index in [0.717, 1.165) is 25.9 Å². The molecule has 0 bridgehead atoms. The van der Waals surface area contributed by atoms with Gasteiger partial charge in [-0.15, -0.1) is 0 Å². The number of nitrogens with zero attached hydrogens (tertiary/aromatic N) is 1. The summed E-state index contributed by atoms with van der Waals surface area (Å²) in [6.45, 7) is 1.80. The van der Waals surface area contributed by atoms with Gasteiger partial charge in [-0.3, -0.25) is 14.9 Å². The van der Waals surface area contributed by atoms with Crippen molar-refractivity contribution in [2.24, 2.45) is 0 Å². The molecule has 1 heterocycles. The fourth-order valence-corrected chi connectivity index (χ4v) is 2.26. The van der Waals surface area contributed by atoms with Gasteiger partial charge in [0.05, 0.1) is 11.3 Å². The second-order valence-electron chi connectivity index (χ2n) is 4.65. The second-order valence-corrected chi connectivity index (χ2v) is 4.65. The molecule has 0 aliphatic carbocycles. The predicted molar refractivity (Wildman–Crippen MR) is 70.8 cm³/mol. The van der Waals surface area contributed by atoms with Gasteiger partial charge in [0.25, 0.3) is 5.69 Å². The standard InChI is InChI=1S/C13H17N3O3/c17-13(15-11-5-7-14-8-6-11)9-10-3-1-2-4-12(10)16(18)19/h1-4,11,14H,5-9H2,(H,15,17). The van der Waals surface area contributed by atoms with Crippen molar-refractivity contribution in [3.05, 3.63) is 39.9 Å². The van der Waals surface area contributed by atoms with Gasteiger partial charge < -0.3 is 10.6 Å². The molecule has 1 aliphatic rings. The average Bonchev–Trinajstić information content (AvgIpc) is 2.40. The maximum Gasteiger partial charge on any atom is 0.273 e. The Labute approximate surface area is 111 Å². The number of hydrogen-bond acceptors (Lipinski definition) is 4. The predicted octanol–water partition coefficient (Wildman–Crippen LogP) is 1.01. The third kappa shape index (κ3) is 3.75. The molecule has 1 aliphatic heterocycles. The third-order valence-electron chi connectivity index (χ3n) is 3.24. The van der Waals surface area contributed by atoms with Crippen molar-refractivity contribution >= 4 is 11.6 Å². The van der Waals surface area contributed by atoms with Crippen molar-refractivity contribution in [1.82, 2.24) is 10.6 Å². The zero-order valence-corrected chi connectivity index (χ0v) is 10.6. The van der Waals surface area contributed by atoms with Crippen LogP contribution in [0.3, 0.4) is 0 Å². The number of piperidine rings is 1. The van der Waals surface area contributed by atoms with Crippen LogP contribution in [0, 0.1) is 10.1 Å². The van der Waals surface area contributed by atoms with E-state index in [1.54, 1.807) is 18.2 Å². The Morgan fingerprint density at radius 2 is 2.05 bits per heavy atom. The van der Waals surface area contributed by atoms with Crippen molar-refractivity contribution in [1.29, 1.82) is 0 Å². The van der Waals surface area contributed by atoms with E-state index in [9.17, 15) is 14.9 Å². The van der Waals surface area contributed by atoms with Crippen LogP contribution in [-0.4, -0.2) is 30.0 Å². The highest BCUT2D eigenvalue weighted by molar-refractivity contribution is 5.80. The van der Waals surface area contributed by atoms with Crippen molar-refractivity contribution in [3.63, 3.8) is 0 Å². The SMILES string of the molecule is O=C(Cc1ccccc1[N+](=O)[O-])NC1CCNCC1. The van der Waals surface area contributed by atoms with Gasteiger partial charge in [0, 0.05) is 17.7 Å². The molecular weight excluding hydrogens is 246 g/mol. The molecule has 0 atom stereocenters. The molecule has 0 aromatic heterocycles. The van der Waals surface area contributed by atoms with E-state index in [2.05, 4.69) is 10.6 Å². The van der Waals surface area contributed by atoms with E-state index in [-0.39, 0.29) is 24.1 Å². The highest BCUT2D eigenvalue weighted by Gasteiger charge is 2.19. The molecule has 0 saturated carbocycles. The van der Waals surface area contributed by atoms with Crippen LogP contribution in [-0.2, 0) is 11.2 Å². The topological polar surface area (TPSA) is 84.3 Å². The lowest BCUT2D eigenvalue weighted by Gasteiger charge is -2.23. The first kappa shape index (κ1) is 13.5. The van der Waals surface area contributed by atoms with Crippen LogP contribution in [0.4, 0.5) is 5.69 Å². The van der Waals surface area contributed by atoms with E-state index in [1.807, 2.05) is 0 Å². The maximum absolute atomic E-state index is 11.9. The summed E-state index contributed by atoms with van der Waals surface area (Å²) < 4.78 is 0. The highest BCUT2D eigenvalue weighted by atomic mass is 16.6. The highest BCUT2D eigenvalue weighted by Crippen LogP contribution is 2.18. The summed E-state index contributed by atoms with van der Waals surface area (Å²) in [5.41, 5.74) is 0.460. The normalized spacial score (nSPS) is 16.0. The summed E-state index contributed by atoms with van der Waals surface area (Å²) in [7, 11) is 0. The maximum atomic E-state index is 11.9. The monoisotopic (exact) mass is 263 g/mol. The summed E-state index contributed by atoms with van der Waals surface area (Å²) in [6, 6.07) is 6.54. The van der Waals surface area contributed by atoms with Gasteiger partial charge in [-0.25, -0.2) is 0 Å². The smallest absolute Gasteiger partial charge is 0.273 e. The number of rotatable bonds is 4. The average molecular weight is 263 g/mol. The first-order valence-electron chi connectivity index (χ1n) is 6.39. The number of nitrogens with one attached hydrogen (secondary N) is 2. The summed E-state index contributed by atoms with van der Waals surface area (Å²) in [6.07, 6.45) is 1.87. The zero-order valence-electron chi connectivity index (χ0n) is 10.6. The molecule has 2 N–H and O–H groups in total. The van der Waals surface area contributed by atoms with E-state index < -0.39 is 4.92 Å². The molecule has 1 amide bonds. The summed E-state index contributed by atoms with van der Waals surface area (Å²) in [5.74, 6) is -0.152. The van der Waals surface area contributed by atoms with E-state index >= 15 is 0 Å². The fourth-order valence-electron chi connectivity index (χ4n) is 2.26. The lowest BCUT2D eigenvalue weighted by Crippen LogP contribution is -2.43. The number of amides is 1. The molecule has 2 rings (SSSR count). The van der Waals surface area contributed by atoms with Crippen LogP contribution in [0.5, 0.6) is 0 Å². The Kier molecular flexibility index (Phi) is 4.46.